The van der Waals surface area contributed by atoms with Crippen LogP contribution in [0.15, 0.2) is 0 Å². The Balaban J connectivity index is 0.00000225. The summed E-state index contributed by atoms with van der Waals surface area (Å²) in [5.41, 5.74) is 6.01. The molecule has 3 N–H and O–H groups in total. The Bertz CT molecular complexity index is 342. The molecule has 0 aliphatic rings. The maximum Gasteiger partial charge on any atom is 0.347 e. The number of nitrogens with zero attached hydrogens (tertiary/aromatic N) is 1. The van der Waals surface area contributed by atoms with Gasteiger partial charge in [-0.25, -0.2) is 9.78 Å². The Hall–Kier alpha value is -0.650. The number of halogens is 1. The molecule has 1 aromatic heterocycles. The van der Waals surface area contributed by atoms with Gasteiger partial charge < -0.3 is 10.8 Å². The maximum absolute atomic E-state index is 10.8. The average molecular weight is 265 g/mol. The first-order chi connectivity index (χ1) is 7.15. The van der Waals surface area contributed by atoms with E-state index in [1.807, 2.05) is 0 Å². The van der Waals surface area contributed by atoms with Gasteiger partial charge in [-0.05, 0) is 32.7 Å². The minimum absolute atomic E-state index is 0. The minimum atomic E-state index is -0.877. The second-order valence-corrected chi connectivity index (χ2v) is 4.51. The molecule has 0 saturated carbocycles. The molecule has 92 valence electrons. The number of carboxylic acids is 1. The van der Waals surface area contributed by atoms with Crippen molar-refractivity contribution in [1.82, 2.24) is 4.98 Å². The fourth-order valence-electron chi connectivity index (χ4n) is 1.35. The van der Waals surface area contributed by atoms with Gasteiger partial charge in [0.25, 0.3) is 0 Å². The highest BCUT2D eigenvalue weighted by Gasteiger charge is 2.13. The van der Waals surface area contributed by atoms with E-state index < -0.39 is 5.97 Å². The molecular formula is C10H17ClN2O2S. The third-order valence-electron chi connectivity index (χ3n) is 2.13. The lowest BCUT2D eigenvalue weighted by Crippen LogP contribution is -1.98. The smallest absolute Gasteiger partial charge is 0.347 e. The molecule has 0 radical (unpaired) electrons. The summed E-state index contributed by atoms with van der Waals surface area (Å²) in [6.45, 7) is 2.46. The van der Waals surface area contributed by atoms with Gasteiger partial charge in [-0.1, -0.05) is 6.42 Å². The molecule has 0 amide bonds. The number of rotatable bonds is 6. The molecule has 1 aromatic rings. The van der Waals surface area contributed by atoms with E-state index in [1.54, 1.807) is 6.92 Å². The highest BCUT2D eigenvalue weighted by Crippen LogP contribution is 2.19. The lowest BCUT2D eigenvalue weighted by Gasteiger charge is -1.95. The number of thiazole rings is 1. The Morgan fingerprint density at radius 3 is 2.62 bits per heavy atom. The van der Waals surface area contributed by atoms with E-state index in [9.17, 15) is 4.79 Å². The quantitative estimate of drug-likeness (QED) is 0.773. The Morgan fingerprint density at radius 1 is 1.44 bits per heavy atom. The van der Waals surface area contributed by atoms with Crippen LogP contribution in [0.5, 0.6) is 0 Å². The molecule has 16 heavy (non-hydrogen) atoms. The largest absolute Gasteiger partial charge is 0.477 e. The molecule has 1 rings (SSSR count). The van der Waals surface area contributed by atoms with E-state index in [0.29, 0.717) is 10.6 Å². The van der Waals surface area contributed by atoms with Crippen LogP contribution in [0.4, 0.5) is 0 Å². The summed E-state index contributed by atoms with van der Waals surface area (Å²) >= 11 is 1.28. The zero-order chi connectivity index (χ0) is 11.3. The lowest BCUT2D eigenvalue weighted by atomic mass is 10.2. The summed E-state index contributed by atoms with van der Waals surface area (Å²) in [7, 11) is 0. The van der Waals surface area contributed by atoms with Crippen molar-refractivity contribution >= 4 is 29.7 Å². The molecular weight excluding hydrogens is 248 g/mol. The molecule has 4 nitrogen and oxygen atoms in total. The molecule has 0 aromatic carbocycles. The lowest BCUT2D eigenvalue weighted by molar-refractivity contribution is 0.0701. The molecule has 0 aliphatic carbocycles. The van der Waals surface area contributed by atoms with Crippen LogP contribution in [-0.2, 0) is 6.42 Å². The first kappa shape index (κ1) is 15.3. The number of hydrogen-bond acceptors (Lipinski definition) is 4. The van der Waals surface area contributed by atoms with Crippen LogP contribution >= 0.6 is 23.7 Å². The van der Waals surface area contributed by atoms with Crippen molar-refractivity contribution in [1.29, 1.82) is 0 Å². The van der Waals surface area contributed by atoms with E-state index in [1.165, 1.54) is 11.3 Å². The topological polar surface area (TPSA) is 76.2 Å². The maximum atomic E-state index is 10.8. The molecule has 0 bridgehead atoms. The van der Waals surface area contributed by atoms with E-state index >= 15 is 0 Å². The van der Waals surface area contributed by atoms with Crippen LogP contribution in [0.3, 0.4) is 0 Å². The highest BCUT2D eigenvalue weighted by molar-refractivity contribution is 7.13. The van der Waals surface area contributed by atoms with Crippen molar-refractivity contribution in [3.05, 3.63) is 15.6 Å². The van der Waals surface area contributed by atoms with E-state index in [2.05, 4.69) is 4.98 Å². The van der Waals surface area contributed by atoms with Gasteiger partial charge in [-0.15, -0.1) is 23.7 Å². The average Bonchev–Trinajstić information content (AvgIpc) is 2.55. The SMILES string of the molecule is Cc1nc(CCCCCN)sc1C(=O)O.Cl. The van der Waals surface area contributed by atoms with Crippen LogP contribution in [-0.4, -0.2) is 22.6 Å². The first-order valence-electron chi connectivity index (χ1n) is 5.04. The van der Waals surface area contributed by atoms with Gasteiger partial charge >= 0.3 is 5.97 Å². The van der Waals surface area contributed by atoms with Gasteiger partial charge in [0.2, 0.25) is 0 Å². The van der Waals surface area contributed by atoms with Crippen molar-refractivity contribution < 1.29 is 9.90 Å². The van der Waals surface area contributed by atoms with Crippen molar-refractivity contribution in [2.75, 3.05) is 6.54 Å². The van der Waals surface area contributed by atoms with Crippen molar-refractivity contribution in [2.45, 2.75) is 32.6 Å². The monoisotopic (exact) mass is 264 g/mol. The molecule has 0 aliphatic heterocycles. The number of unbranched alkanes of at least 4 members (excludes halogenated alkanes) is 2. The Morgan fingerprint density at radius 2 is 2.12 bits per heavy atom. The van der Waals surface area contributed by atoms with Gasteiger partial charge in [0, 0.05) is 0 Å². The third-order valence-corrected chi connectivity index (χ3v) is 3.34. The zero-order valence-corrected chi connectivity index (χ0v) is 10.9. The first-order valence-corrected chi connectivity index (χ1v) is 5.86. The van der Waals surface area contributed by atoms with E-state index in [0.717, 1.165) is 37.2 Å². The predicted octanol–water partition coefficient (Wildman–Crippen LogP) is 2.24. The van der Waals surface area contributed by atoms with Crippen LogP contribution in [0.2, 0.25) is 0 Å². The van der Waals surface area contributed by atoms with Gasteiger partial charge in [0.05, 0.1) is 10.7 Å². The fourth-order valence-corrected chi connectivity index (χ4v) is 2.30. The second-order valence-electron chi connectivity index (χ2n) is 3.43. The molecule has 0 atom stereocenters. The number of aryl methyl sites for hydroxylation is 2. The second kappa shape index (κ2) is 7.60. The molecule has 6 heteroatoms. The summed E-state index contributed by atoms with van der Waals surface area (Å²) in [5.74, 6) is -0.877. The van der Waals surface area contributed by atoms with E-state index in [4.69, 9.17) is 10.8 Å². The van der Waals surface area contributed by atoms with Crippen molar-refractivity contribution in [2.24, 2.45) is 5.73 Å². The summed E-state index contributed by atoms with van der Waals surface area (Å²) in [6, 6.07) is 0. The molecule has 0 saturated heterocycles. The van der Waals surface area contributed by atoms with Gasteiger partial charge in [0.1, 0.15) is 4.88 Å². The molecule has 0 unspecified atom stereocenters. The summed E-state index contributed by atoms with van der Waals surface area (Å²) < 4.78 is 0. The zero-order valence-electron chi connectivity index (χ0n) is 9.23. The number of aromatic carboxylic acids is 1. The minimum Gasteiger partial charge on any atom is -0.477 e. The highest BCUT2D eigenvalue weighted by atomic mass is 35.5. The van der Waals surface area contributed by atoms with Crippen LogP contribution in [0.25, 0.3) is 0 Å². The van der Waals surface area contributed by atoms with E-state index in [-0.39, 0.29) is 12.4 Å². The van der Waals surface area contributed by atoms with Crippen molar-refractivity contribution in [3.8, 4) is 0 Å². The summed E-state index contributed by atoms with van der Waals surface area (Å²) in [5, 5.41) is 9.76. The normalized spacial score (nSPS) is 9.88. The third kappa shape index (κ3) is 4.47. The fraction of sp³-hybridized carbons (Fsp3) is 0.600. The summed E-state index contributed by atoms with van der Waals surface area (Å²) in [4.78, 5) is 15.4. The number of carbonyl (C=O) groups is 1. The molecule has 0 fully saturated rings. The summed E-state index contributed by atoms with van der Waals surface area (Å²) in [6.07, 6.45) is 4.00. The Labute approximate surface area is 105 Å². The Kier molecular flexibility index (Phi) is 7.29. The number of aromatic nitrogens is 1. The van der Waals surface area contributed by atoms with Gasteiger partial charge in [-0.2, -0.15) is 0 Å². The number of nitrogens with two attached hydrogens (primary N) is 1. The number of carboxylic acid groups (broad SMARTS) is 1. The van der Waals surface area contributed by atoms with Crippen molar-refractivity contribution in [3.63, 3.8) is 0 Å². The molecule has 0 spiro atoms. The van der Waals surface area contributed by atoms with Crippen LogP contribution in [0.1, 0.15) is 39.6 Å². The van der Waals surface area contributed by atoms with Crippen LogP contribution in [0, 0.1) is 6.92 Å². The van der Waals surface area contributed by atoms with Gasteiger partial charge in [0.15, 0.2) is 0 Å². The van der Waals surface area contributed by atoms with Crippen LogP contribution < -0.4 is 5.73 Å². The standard InChI is InChI=1S/C10H16N2O2S.ClH/c1-7-9(10(13)14)15-8(12-7)5-3-2-4-6-11;/h2-6,11H2,1H3,(H,13,14);1H. The van der Waals surface area contributed by atoms with Gasteiger partial charge in [-0.3, -0.25) is 0 Å². The number of hydrogen-bond donors (Lipinski definition) is 2. The predicted molar refractivity (Wildman–Crippen MR) is 67.7 cm³/mol. The molecule has 1 heterocycles.